The number of alkyl carbamates (subject to hydrolysis) is 2. The van der Waals surface area contributed by atoms with Crippen molar-refractivity contribution in [3.05, 3.63) is 71.8 Å². The van der Waals surface area contributed by atoms with E-state index in [0.717, 1.165) is 11.1 Å². The lowest BCUT2D eigenvalue weighted by Gasteiger charge is -2.24. The van der Waals surface area contributed by atoms with Crippen molar-refractivity contribution in [1.29, 1.82) is 0 Å². The molecule has 0 aliphatic rings. The van der Waals surface area contributed by atoms with Crippen LogP contribution in [0.5, 0.6) is 0 Å². The first-order valence-electron chi connectivity index (χ1n) is 19.6. The number of hydrogen-bond donors (Lipinski definition) is 6. The standard InChI is InChI=1S/C42H63N7O9/c1-28(45-39(55)57-41(4,5)6)35(51)47-33(26-31-18-12-10-13-19-31)37(53)43-22-16-24-49(30(3)50)25-17-23-44-38(54)34(27-32-20-14-11-15-21-32)48-36(52)29(2)46-40(56)58-42(7,8)9/h10-15,18-21,28-29,33-34H,16-17,22-27H2,1-9H3,(H,43,53)(H,44,54)(H,45,55)(H,46,56)(H,47,51)(H,48,52)/t28-,29-,33-,34-/m1/s1. The molecule has 320 valence electrons. The molecule has 0 unspecified atom stereocenters. The molecule has 0 spiro atoms. The second-order valence-electron chi connectivity index (χ2n) is 16.0. The number of carbonyl (C=O) groups is 7. The van der Waals surface area contributed by atoms with Crippen LogP contribution in [-0.2, 0) is 46.3 Å². The molecule has 2 aromatic rings. The molecule has 16 nitrogen and oxygen atoms in total. The Hall–Kier alpha value is -5.67. The van der Waals surface area contributed by atoms with E-state index < -0.39 is 71.2 Å². The van der Waals surface area contributed by atoms with E-state index in [-0.39, 0.29) is 31.8 Å². The third kappa shape index (κ3) is 20.0. The molecule has 4 atom stereocenters. The molecule has 6 N–H and O–H groups in total. The Morgan fingerprint density at radius 1 is 0.552 bits per heavy atom. The second kappa shape index (κ2) is 23.5. The molecule has 0 saturated carbocycles. The Labute approximate surface area is 342 Å². The summed E-state index contributed by atoms with van der Waals surface area (Å²) in [5.74, 6) is -2.15. The van der Waals surface area contributed by atoms with Crippen molar-refractivity contribution in [3.63, 3.8) is 0 Å². The summed E-state index contributed by atoms with van der Waals surface area (Å²) in [5.41, 5.74) is 0.149. The highest BCUT2D eigenvalue weighted by Gasteiger charge is 2.28. The number of nitrogens with zero attached hydrogens (tertiary/aromatic N) is 1. The van der Waals surface area contributed by atoms with Gasteiger partial charge in [-0.3, -0.25) is 24.0 Å². The van der Waals surface area contributed by atoms with Gasteiger partial charge in [-0.15, -0.1) is 0 Å². The maximum absolute atomic E-state index is 13.3. The first kappa shape index (κ1) is 48.5. The molecule has 7 amide bonds. The van der Waals surface area contributed by atoms with Gasteiger partial charge in [0.15, 0.2) is 0 Å². The van der Waals surface area contributed by atoms with Crippen molar-refractivity contribution in [3.8, 4) is 0 Å². The average molecular weight is 810 g/mol. The van der Waals surface area contributed by atoms with Gasteiger partial charge in [0.1, 0.15) is 35.4 Å². The van der Waals surface area contributed by atoms with E-state index in [9.17, 15) is 33.6 Å². The molecule has 0 radical (unpaired) electrons. The lowest BCUT2D eigenvalue weighted by Crippen LogP contribution is -2.54. The monoisotopic (exact) mass is 809 g/mol. The van der Waals surface area contributed by atoms with Crippen LogP contribution in [0.1, 0.15) is 86.3 Å². The van der Waals surface area contributed by atoms with Crippen LogP contribution in [0.25, 0.3) is 0 Å². The summed E-state index contributed by atoms with van der Waals surface area (Å²) >= 11 is 0. The Morgan fingerprint density at radius 2 is 0.897 bits per heavy atom. The van der Waals surface area contributed by atoms with E-state index in [4.69, 9.17) is 9.47 Å². The number of ether oxygens (including phenoxy) is 2. The molecule has 58 heavy (non-hydrogen) atoms. The summed E-state index contributed by atoms with van der Waals surface area (Å²) in [7, 11) is 0. The first-order valence-corrected chi connectivity index (χ1v) is 19.6. The number of carbonyl (C=O) groups excluding carboxylic acids is 7. The summed E-state index contributed by atoms with van der Waals surface area (Å²) in [6.45, 7) is 15.8. The zero-order valence-corrected chi connectivity index (χ0v) is 35.4. The lowest BCUT2D eigenvalue weighted by atomic mass is 10.0. The van der Waals surface area contributed by atoms with E-state index in [1.54, 1.807) is 46.4 Å². The molecule has 2 rings (SSSR count). The van der Waals surface area contributed by atoms with Gasteiger partial charge in [0.05, 0.1) is 0 Å². The normalized spacial score (nSPS) is 13.3. The van der Waals surface area contributed by atoms with Gasteiger partial charge in [-0.1, -0.05) is 60.7 Å². The maximum atomic E-state index is 13.3. The second-order valence-corrected chi connectivity index (χ2v) is 16.0. The summed E-state index contributed by atoms with van der Waals surface area (Å²) < 4.78 is 10.5. The van der Waals surface area contributed by atoms with Gasteiger partial charge in [-0.25, -0.2) is 9.59 Å². The Bertz CT molecular complexity index is 1540. The Morgan fingerprint density at radius 3 is 1.21 bits per heavy atom. The van der Waals surface area contributed by atoms with E-state index >= 15 is 0 Å². The van der Waals surface area contributed by atoms with Crippen LogP contribution in [-0.4, -0.2) is 108 Å². The van der Waals surface area contributed by atoms with Crippen LogP contribution >= 0.6 is 0 Å². The van der Waals surface area contributed by atoms with Crippen LogP contribution < -0.4 is 31.9 Å². The van der Waals surface area contributed by atoms with Gasteiger partial charge in [0.25, 0.3) is 0 Å². The molecule has 0 saturated heterocycles. The van der Waals surface area contributed by atoms with Gasteiger partial charge >= 0.3 is 12.2 Å². The minimum absolute atomic E-state index is 0.181. The SMILES string of the molecule is CC(=O)N(CCCNC(=O)[C@@H](Cc1ccccc1)NC(=O)[C@@H](C)NC(=O)OC(C)(C)C)CCCNC(=O)[C@@H](Cc1ccccc1)NC(=O)[C@@H](C)NC(=O)OC(C)(C)C. The van der Waals surface area contributed by atoms with Crippen LogP contribution in [0.3, 0.4) is 0 Å². The fourth-order valence-electron chi connectivity index (χ4n) is 5.45. The topological polar surface area (TPSA) is 213 Å². The fourth-order valence-corrected chi connectivity index (χ4v) is 5.45. The third-order valence-electron chi connectivity index (χ3n) is 8.34. The third-order valence-corrected chi connectivity index (χ3v) is 8.34. The van der Waals surface area contributed by atoms with Gasteiger partial charge in [0.2, 0.25) is 29.5 Å². The van der Waals surface area contributed by atoms with Gasteiger partial charge < -0.3 is 46.3 Å². The highest BCUT2D eigenvalue weighted by molar-refractivity contribution is 5.92. The van der Waals surface area contributed by atoms with E-state index in [0.29, 0.717) is 25.9 Å². The molecule has 0 bridgehead atoms. The zero-order chi connectivity index (χ0) is 43.5. The highest BCUT2D eigenvalue weighted by Crippen LogP contribution is 2.10. The Balaban J connectivity index is 1.93. The van der Waals surface area contributed by atoms with Crippen molar-refractivity contribution in [2.45, 2.75) is 123 Å². The van der Waals surface area contributed by atoms with Crippen molar-refractivity contribution in [2.24, 2.45) is 0 Å². The Kier molecular flexibility index (Phi) is 19.7. The molecular weight excluding hydrogens is 747 g/mol. The largest absolute Gasteiger partial charge is 0.444 e. The van der Waals surface area contributed by atoms with Gasteiger partial charge in [0, 0.05) is 45.9 Å². The molecule has 2 aromatic carbocycles. The first-order chi connectivity index (χ1) is 27.1. The number of hydrogen-bond acceptors (Lipinski definition) is 9. The minimum Gasteiger partial charge on any atom is -0.444 e. The predicted octanol–water partition coefficient (Wildman–Crippen LogP) is 3.13. The summed E-state index contributed by atoms with van der Waals surface area (Å²) in [4.78, 5) is 91.2. The van der Waals surface area contributed by atoms with Crippen molar-refractivity contribution in [2.75, 3.05) is 26.2 Å². The van der Waals surface area contributed by atoms with Crippen molar-refractivity contribution < 1.29 is 43.0 Å². The quantitative estimate of drug-likeness (QED) is 0.108. The van der Waals surface area contributed by atoms with E-state index in [1.165, 1.54) is 20.8 Å². The number of benzene rings is 2. The molecule has 0 aliphatic carbocycles. The fraction of sp³-hybridized carbons (Fsp3) is 0.548. The van der Waals surface area contributed by atoms with Crippen LogP contribution in [0.4, 0.5) is 9.59 Å². The maximum Gasteiger partial charge on any atom is 0.408 e. The number of nitrogens with one attached hydrogen (secondary N) is 6. The zero-order valence-electron chi connectivity index (χ0n) is 35.4. The molecule has 16 heteroatoms. The summed E-state index contributed by atoms with van der Waals surface area (Å²) in [6, 6.07) is 14.6. The van der Waals surface area contributed by atoms with Crippen LogP contribution in [0.15, 0.2) is 60.7 Å². The van der Waals surface area contributed by atoms with E-state index in [2.05, 4.69) is 31.9 Å². The molecule has 0 heterocycles. The summed E-state index contributed by atoms with van der Waals surface area (Å²) in [6.07, 6.45) is -0.258. The van der Waals surface area contributed by atoms with Crippen molar-refractivity contribution in [1.82, 2.24) is 36.8 Å². The van der Waals surface area contributed by atoms with Gasteiger partial charge in [-0.2, -0.15) is 0 Å². The molecule has 0 aromatic heterocycles. The molecule has 0 aliphatic heterocycles. The summed E-state index contributed by atoms with van der Waals surface area (Å²) in [5, 5.41) is 16.1. The highest BCUT2D eigenvalue weighted by atomic mass is 16.6. The van der Waals surface area contributed by atoms with Crippen LogP contribution in [0, 0.1) is 0 Å². The smallest absolute Gasteiger partial charge is 0.408 e. The number of amides is 7. The van der Waals surface area contributed by atoms with Crippen molar-refractivity contribution >= 4 is 41.7 Å². The van der Waals surface area contributed by atoms with Crippen LogP contribution in [0.2, 0.25) is 0 Å². The predicted molar refractivity (Wildman–Crippen MR) is 219 cm³/mol. The van der Waals surface area contributed by atoms with E-state index in [1.807, 2.05) is 60.7 Å². The van der Waals surface area contributed by atoms with Gasteiger partial charge in [-0.05, 0) is 79.4 Å². The number of rotatable bonds is 20. The lowest BCUT2D eigenvalue weighted by molar-refractivity contribution is -0.130. The molecular formula is C42H63N7O9. The molecule has 0 fully saturated rings. The minimum atomic E-state index is -0.972. The average Bonchev–Trinajstić information content (AvgIpc) is 3.12.